The van der Waals surface area contributed by atoms with E-state index >= 15 is 0 Å². The lowest BCUT2D eigenvalue weighted by molar-refractivity contribution is 0.0795. The zero-order valence-electron chi connectivity index (χ0n) is 11.9. The predicted octanol–water partition coefficient (Wildman–Crippen LogP) is 1.68. The highest BCUT2D eigenvalue weighted by atomic mass is 31.2. The van der Waals surface area contributed by atoms with Gasteiger partial charge in [-0.25, -0.2) is 4.57 Å². The summed E-state index contributed by atoms with van der Waals surface area (Å²) < 4.78 is 20.8. The van der Waals surface area contributed by atoms with Crippen LogP contribution in [-0.4, -0.2) is 39.6 Å². The van der Waals surface area contributed by atoms with Crippen molar-refractivity contribution in [3.63, 3.8) is 0 Å². The fourth-order valence-electron chi connectivity index (χ4n) is 1.52. The van der Waals surface area contributed by atoms with Crippen LogP contribution in [-0.2, 0) is 13.6 Å². The van der Waals surface area contributed by atoms with Gasteiger partial charge in [-0.2, -0.15) is 0 Å². The lowest BCUT2D eigenvalue weighted by Gasteiger charge is -2.10. The van der Waals surface area contributed by atoms with Gasteiger partial charge in [-0.05, 0) is 24.3 Å². The Morgan fingerprint density at radius 1 is 0.913 bits per heavy atom. The van der Waals surface area contributed by atoms with Gasteiger partial charge in [0.15, 0.2) is 0 Å². The Morgan fingerprint density at radius 3 is 1.70 bits per heavy atom. The normalized spacial score (nSPS) is 11.2. The second-order valence-corrected chi connectivity index (χ2v) is 5.75. The topological polar surface area (TPSA) is 116 Å². The fraction of sp³-hybridized carbons (Fsp3) is 0.143. The van der Waals surface area contributed by atoms with Gasteiger partial charge in [-0.3, -0.25) is 28.6 Å². The monoisotopic (exact) mass is 336 g/mol. The van der Waals surface area contributed by atoms with Gasteiger partial charge >= 0.3 is 7.82 Å². The van der Waals surface area contributed by atoms with Gasteiger partial charge in [-0.1, -0.05) is 12.1 Å². The van der Waals surface area contributed by atoms with Crippen LogP contribution in [0.4, 0.5) is 0 Å². The van der Waals surface area contributed by atoms with Crippen LogP contribution < -0.4 is 0 Å². The summed E-state index contributed by atoms with van der Waals surface area (Å²) in [7, 11) is -4.54. The molecule has 2 heterocycles. The SMILES string of the molecule is O=C(COP(=O)(O)OCC(=O)c1ccccn1)c1ccccn1. The number of rotatable bonds is 8. The summed E-state index contributed by atoms with van der Waals surface area (Å²) in [4.78, 5) is 40.4. The predicted molar refractivity (Wildman–Crippen MR) is 78.9 cm³/mol. The molecule has 0 aromatic carbocycles. The number of Topliss-reactive ketones (excluding diaryl/α,β-unsaturated/α-hetero) is 2. The van der Waals surface area contributed by atoms with Crippen molar-refractivity contribution in [2.45, 2.75) is 0 Å². The average molecular weight is 336 g/mol. The first-order valence-corrected chi connectivity index (χ1v) is 7.98. The highest BCUT2D eigenvalue weighted by Gasteiger charge is 2.25. The molecule has 0 radical (unpaired) electrons. The zero-order chi connectivity index (χ0) is 16.7. The van der Waals surface area contributed by atoms with Gasteiger partial charge in [0.1, 0.15) is 24.6 Å². The molecule has 0 fully saturated rings. The Bertz CT molecular complexity index is 663. The highest BCUT2D eigenvalue weighted by Crippen LogP contribution is 2.43. The maximum Gasteiger partial charge on any atom is 0.473 e. The highest BCUT2D eigenvalue weighted by molar-refractivity contribution is 7.47. The van der Waals surface area contributed by atoms with E-state index in [4.69, 9.17) is 0 Å². The number of hydrogen-bond acceptors (Lipinski definition) is 7. The van der Waals surface area contributed by atoms with Gasteiger partial charge in [-0.15, -0.1) is 0 Å². The number of carbonyl (C=O) groups is 2. The molecule has 0 aliphatic heterocycles. The summed E-state index contributed by atoms with van der Waals surface area (Å²) in [5.41, 5.74) is 0.189. The fourth-order valence-corrected chi connectivity index (χ4v) is 2.16. The van der Waals surface area contributed by atoms with E-state index in [1.807, 2.05) is 0 Å². The van der Waals surface area contributed by atoms with E-state index in [2.05, 4.69) is 19.0 Å². The minimum Gasteiger partial charge on any atom is -0.302 e. The number of ketones is 2. The Hall–Kier alpha value is -2.25. The Labute approximate surface area is 131 Å². The van der Waals surface area contributed by atoms with Gasteiger partial charge in [0.05, 0.1) is 0 Å². The summed E-state index contributed by atoms with van der Waals surface area (Å²) >= 11 is 0. The molecule has 0 spiro atoms. The number of nitrogens with zero attached hydrogens (tertiary/aromatic N) is 2. The molecular formula is C14H13N2O6P. The Kier molecular flexibility index (Phi) is 5.84. The first kappa shape index (κ1) is 17.1. The van der Waals surface area contributed by atoms with Gasteiger partial charge in [0.25, 0.3) is 0 Å². The summed E-state index contributed by atoms with van der Waals surface area (Å²) in [6.45, 7) is -1.38. The molecule has 23 heavy (non-hydrogen) atoms. The van der Waals surface area contributed by atoms with E-state index in [-0.39, 0.29) is 11.4 Å². The standard InChI is InChI=1S/C14H13N2O6P/c17-13(11-5-1-3-7-15-11)9-21-23(19,20)22-10-14(18)12-6-2-4-8-16-12/h1-8H,9-10H2,(H,19,20). The first-order chi connectivity index (χ1) is 11.0. The van der Waals surface area contributed by atoms with Gasteiger partial charge in [0.2, 0.25) is 11.6 Å². The second kappa shape index (κ2) is 7.85. The molecule has 0 aliphatic rings. The molecule has 0 bridgehead atoms. The molecule has 8 nitrogen and oxygen atoms in total. The third-order valence-corrected chi connectivity index (χ3v) is 3.53. The van der Waals surface area contributed by atoms with Crippen molar-refractivity contribution < 1.29 is 28.1 Å². The van der Waals surface area contributed by atoms with E-state index in [1.54, 1.807) is 24.3 Å². The quantitative estimate of drug-likeness (QED) is 0.572. The largest absolute Gasteiger partial charge is 0.473 e. The molecule has 9 heteroatoms. The number of phosphoric ester groups is 1. The molecule has 0 atom stereocenters. The number of carbonyl (C=O) groups excluding carboxylic acids is 2. The van der Waals surface area contributed by atoms with Crippen LogP contribution in [0, 0.1) is 0 Å². The lowest BCUT2D eigenvalue weighted by Crippen LogP contribution is -2.13. The molecule has 0 aliphatic carbocycles. The van der Waals surface area contributed by atoms with Crippen LogP contribution in [0.1, 0.15) is 21.0 Å². The third kappa shape index (κ3) is 5.46. The summed E-state index contributed by atoms with van der Waals surface area (Å²) in [5, 5.41) is 0. The molecule has 2 aromatic heterocycles. The molecule has 120 valence electrons. The maximum atomic E-state index is 11.7. The second-order valence-electron chi connectivity index (χ2n) is 4.29. The number of hydrogen-bond donors (Lipinski definition) is 1. The lowest BCUT2D eigenvalue weighted by atomic mass is 10.3. The minimum atomic E-state index is -4.54. The number of aromatic nitrogens is 2. The van der Waals surface area contributed by atoms with Crippen molar-refractivity contribution in [2.24, 2.45) is 0 Å². The Balaban J connectivity index is 1.84. The van der Waals surface area contributed by atoms with Crippen LogP contribution in [0.5, 0.6) is 0 Å². The molecule has 0 unspecified atom stereocenters. The summed E-state index contributed by atoms with van der Waals surface area (Å²) in [6, 6.07) is 9.34. The minimum absolute atomic E-state index is 0.0945. The van der Waals surface area contributed by atoms with E-state index in [0.29, 0.717) is 0 Å². The van der Waals surface area contributed by atoms with Crippen molar-refractivity contribution >= 4 is 19.4 Å². The zero-order valence-corrected chi connectivity index (χ0v) is 12.8. The average Bonchev–Trinajstić information content (AvgIpc) is 2.59. The first-order valence-electron chi connectivity index (χ1n) is 6.48. The molecule has 0 saturated heterocycles. The number of pyridine rings is 2. The molecule has 2 rings (SSSR count). The molecule has 2 aromatic rings. The molecular weight excluding hydrogens is 323 g/mol. The molecule has 1 N–H and O–H groups in total. The van der Waals surface area contributed by atoms with Crippen molar-refractivity contribution in [1.82, 2.24) is 9.97 Å². The Morgan fingerprint density at radius 2 is 1.35 bits per heavy atom. The molecule has 0 amide bonds. The van der Waals surface area contributed by atoms with Crippen molar-refractivity contribution in [2.75, 3.05) is 13.2 Å². The van der Waals surface area contributed by atoms with Crippen LogP contribution in [0.15, 0.2) is 48.8 Å². The van der Waals surface area contributed by atoms with Crippen molar-refractivity contribution in [1.29, 1.82) is 0 Å². The summed E-state index contributed by atoms with van der Waals surface area (Å²) in [5.74, 6) is -1.17. The summed E-state index contributed by atoms with van der Waals surface area (Å²) in [6.07, 6.45) is 2.82. The van der Waals surface area contributed by atoms with E-state index < -0.39 is 32.6 Å². The van der Waals surface area contributed by atoms with Crippen LogP contribution in [0.25, 0.3) is 0 Å². The smallest absolute Gasteiger partial charge is 0.302 e. The number of phosphoric acid groups is 1. The van der Waals surface area contributed by atoms with Crippen LogP contribution in [0.3, 0.4) is 0 Å². The van der Waals surface area contributed by atoms with Crippen LogP contribution in [0.2, 0.25) is 0 Å². The van der Waals surface area contributed by atoms with Crippen LogP contribution >= 0.6 is 7.82 Å². The van der Waals surface area contributed by atoms with Crippen molar-refractivity contribution in [3.8, 4) is 0 Å². The van der Waals surface area contributed by atoms with E-state index in [9.17, 15) is 19.0 Å². The van der Waals surface area contributed by atoms with E-state index in [0.717, 1.165) is 0 Å². The maximum absolute atomic E-state index is 11.7. The van der Waals surface area contributed by atoms with Gasteiger partial charge in [0, 0.05) is 12.4 Å². The third-order valence-electron chi connectivity index (χ3n) is 2.62. The van der Waals surface area contributed by atoms with Gasteiger partial charge < -0.3 is 4.89 Å². The van der Waals surface area contributed by atoms with Crippen molar-refractivity contribution in [3.05, 3.63) is 60.2 Å². The van der Waals surface area contributed by atoms with E-state index in [1.165, 1.54) is 24.5 Å². The molecule has 0 saturated carbocycles.